The zero-order chi connectivity index (χ0) is 16.7. The Balaban J connectivity index is 1.88. The summed E-state index contributed by atoms with van der Waals surface area (Å²) in [6.07, 6.45) is -0.180. The number of benzene rings is 2. The Morgan fingerprint density at radius 1 is 1.09 bits per heavy atom. The third-order valence-corrected chi connectivity index (χ3v) is 3.70. The molecule has 4 heteroatoms. The van der Waals surface area contributed by atoms with Crippen LogP contribution in [-0.4, -0.2) is 17.6 Å². The van der Waals surface area contributed by atoms with Crippen LogP contribution in [0.2, 0.25) is 0 Å². The summed E-state index contributed by atoms with van der Waals surface area (Å²) in [6.45, 7) is 4.27. The van der Waals surface area contributed by atoms with Crippen LogP contribution in [0.1, 0.15) is 43.5 Å². The molecule has 0 heterocycles. The highest BCUT2D eigenvalue weighted by Gasteiger charge is 2.11. The topological polar surface area (TPSA) is 58.6 Å². The van der Waals surface area contributed by atoms with E-state index in [0.717, 1.165) is 11.1 Å². The molecule has 0 amide bonds. The van der Waals surface area contributed by atoms with Crippen molar-refractivity contribution in [3.63, 3.8) is 0 Å². The minimum absolute atomic E-state index is 0.0873. The Hall–Kier alpha value is -2.17. The highest BCUT2D eigenvalue weighted by Crippen LogP contribution is 2.19. The first kappa shape index (κ1) is 17.2. The molecule has 122 valence electrons. The molecule has 0 aromatic heterocycles. The van der Waals surface area contributed by atoms with Gasteiger partial charge >= 0.3 is 5.97 Å². The van der Waals surface area contributed by atoms with Crippen molar-refractivity contribution in [2.24, 2.45) is 0 Å². The number of carbonyl (C=O) groups excluding carboxylic acids is 1. The Kier molecular flexibility index (Phi) is 6.32. The first-order valence-electron chi connectivity index (χ1n) is 7.87. The Morgan fingerprint density at radius 2 is 1.74 bits per heavy atom. The van der Waals surface area contributed by atoms with Crippen LogP contribution in [0.5, 0.6) is 5.75 Å². The molecule has 0 aliphatic heterocycles. The molecule has 0 aliphatic carbocycles. The molecule has 4 nitrogen and oxygen atoms in total. The van der Waals surface area contributed by atoms with Gasteiger partial charge in [0.15, 0.2) is 0 Å². The minimum atomic E-state index is -0.538. The van der Waals surface area contributed by atoms with Gasteiger partial charge in [-0.2, -0.15) is 0 Å². The third kappa shape index (κ3) is 5.20. The number of carbonyl (C=O) groups is 1. The van der Waals surface area contributed by atoms with Gasteiger partial charge in [0.05, 0.1) is 6.10 Å². The van der Waals surface area contributed by atoms with Crippen molar-refractivity contribution in [3.8, 4) is 5.75 Å². The maximum Gasteiger partial charge on any atom is 0.310 e. The van der Waals surface area contributed by atoms with Gasteiger partial charge in [-0.05, 0) is 30.2 Å². The van der Waals surface area contributed by atoms with E-state index in [1.165, 1.54) is 0 Å². The summed E-state index contributed by atoms with van der Waals surface area (Å²) in [5, 5.41) is 13.5. The fourth-order valence-corrected chi connectivity index (χ4v) is 2.23. The first-order valence-corrected chi connectivity index (χ1v) is 7.87. The second-order valence-electron chi connectivity index (χ2n) is 5.45. The van der Waals surface area contributed by atoms with Gasteiger partial charge in [-0.15, -0.1) is 0 Å². The molecular weight excluding hydrogens is 290 g/mol. The van der Waals surface area contributed by atoms with Crippen molar-refractivity contribution in [2.75, 3.05) is 6.54 Å². The number of rotatable bonds is 7. The van der Waals surface area contributed by atoms with Crippen LogP contribution in [-0.2, 0) is 4.79 Å². The summed E-state index contributed by atoms with van der Waals surface area (Å²) < 4.78 is 5.15. The van der Waals surface area contributed by atoms with E-state index in [2.05, 4.69) is 5.32 Å². The number of hydrogen-bond acceptors (Lipinski definition) is 4. The molecule has 0 saturated carbocycles. The SMILES string of the molecule is CCC(=O)Oc1ccc(C(C)NC[C@@H](O)c2ccccc2)cc1. The molecule has 0 saturated heterocycles. The fourth-order valence-electron chi connectivity index (χ4n) is 2.23. The van der Waals surface area contributed by atoms with Crippen molar-refractivity contribution in [1.29, 1.82) is 0 Å². The maximum atomic E-state index is 11.2. The number of aliphatic hydroxyl groups is 1. The van der Waals surface area contributed by atoms with E-state index in [1.807, 2.05) is 49.4 Å². The van der Waals surface area contributed by atoms with Crippen LogP contribution < -0.4 is 10.1 Å². The minimum Gasteiger partial charge on any atom is -0.427 e. The lowest BCUT2D eigenvalue weighted by Gasteiger charge is -2.18. The average molecular weight is 313 g/mol. The summed E-state index contributed by atoms with van der Waals surface area (Å²) in [5.41, 5.74) is 1.97. The number of ether oxygens (including phenoxy) is 1. The number of aliphatic hydroxyl groups excluding tert-OH is 1. The van der Waals surface area contributed by atoms with Gasteiger partial charge < -0.3 is 15.2 Å². The lowest BCUT2D eigenvalue weighted by molar-refractivity contribution is -0.134. The Morgan fingerprint density at radius 3 is 2.35 bits per heavy atom. The van der Waals surface area contributed by atoms with Crippen LogP contribution >= 0.6 is 0 Å². The maximum absolute atomic E-state index is 11.2. The van der Waals surface area contributed by atoms with Gasteiger partial charge in [-0.1, -0.05) is 49.4 Å². The second-order valence-corrected chi connectivity index (χ2v) is 5.45. The van der Waals surface area contributed by atoms with E-state index < -0.39 is 6.10 Å². The normalized spacial score (nSPS) is 13.3. The quantitative estimate of drug-likeness (QED) is 0.608. The van der Waals surface area contributed by atoms with E-state index in [-0.39, 0.29) is 12.0 Å². The van der Waals surface area contributed by atoms with Crippen LogP contribution in [0.4, 0.5) is 0 Å². The van der Waals surface area contributed by atoms with Crippen molar-refractivity contribution >= 4 is 5.97 Å². The van der Waals surface area contributed by atoms with Gasteiger partial charge in [0.25, 0.3) is 0 Å². The molecule has 0 spiro atoms. The smallest absolute Gasteiger partial charge is 0.310 e. The summed E-state index contributed by atoms with van der Waals surface area (Å²) in [6, 6.07) is 17.1. The third-order valence-electron chi connectivity index (χ3n) is 3.70. The number of nitrogens with one attached hydrogen (secondary N) is 1. The molecule has 2 atom stereocenters. The molecule has 2 aromatic carbocycles. The lowest BCUT2D eigenvalue weighted by Crippen LogP contribution is -2.24. The average Bonchev–Trinajstić information content (AvgIpc) is 2.60. The summed E-state index contributed by atoms with van der Waals surface area (Å²) in [7, 11) is 0. The van der Waals surface area contributed by atoms with Crippen LogP contribution in [0.3, 0.4) is 0 Å². The molecule has 23 heavy (non-hydrogen) atoms. The van der Waals surface area contributed by atoms with Crippen LogP contribution in [0.15, 0.2) is 54.6 Å². The molecule has 0 fully saturated rings. The molecule has 0 aliphatic rings. The molecule has 1 unspecified atom stereocenters. The Labute approximate surface area is 137 Å². The van der Waals surface area contributed by atoms with Crippen LogP contribution in [0, 0.1) is 0 Å². The summed E-state index contributed by atoms with van der Waals surface area (Å²) in [5.74, 6) is 0.312. The largest absolute Gasteiger partial charge is 0.427 e. The zero-order valence-electron chi connectivity index (χ0n) is 13.5. The predicted molar refractivity (Wildman–Crippen MR) is 90.2 cm³/mol. The molecule has 2 aromatic rings. The van der Waals surface area contributed by atoms with Gasteiger partial charge in [-0.3, -0.25) is 4.79 Å². The molecule has 2 rings (SSSR count). The summed E-state index contributed by atoms with van der Waals surface area (Å²) >= 11 is 0. The molecule has 0 radical (unpaired) electrons. The van der Waals surface area contributed by atoms with Crippen molar-refractivity contribution < 1.29 is 14.6 Å². The highest BCUT2D eigenvalue weighted by atomic mass is 16.5. The second kappa shape index (κ2) is 8.46. The first-order chi connectivity index (χ1) is 11.1. The molecule has 2 N–H and O–H groups in total. The van der Waals surface area contributed by atoms with Gasteiger partial charge in [0, 0.05) is 19.0 Å². The standard InChI is InChI=1S/C19H23NO3/c1-3-19(22)23-17-11-9-15(10-12-17)14(2)20-13-18(21)16-7-5-4-6-8-16/h4-12,14,18,20-21H,3,13H2,1-2H3/t14?,18-/m1/s1. The van der Waals surface area contributed by atoms with Gasteiger partial charge in [-0.25, -0.2) is 0 Å². The lowest BCUT2D eigenvalue weighted by atomic mass is 10.1. The predicted octanol–water partition coefficient (Wildman–Crippen LogP) is 3.39. The molecule has 0 bridgehead atoms. The van der Waals surface area contributed by atoms with Gasteiger partial charge in [0.2, 0.25) is 0 Å². The van der Waals surface area contributed by atoms with E-state index in [0.29, 0.717) is 18.7 Å². The van der Waals surface area contributed by atoms with Gasteiger partial charge in [0.1, 0.15) is 5.75 Å². The van der Waals surface area contributed by atoms with Crippen LogP contribution in [0.25, 0.3) is 0 Å². The molecular formula is C19H23NO3. The number of esters is 1. The Bertz CT molecular complexity index is 610. The fraction of sp³-hybridized carbons (Fsp3) is 0.316. The van der Waals surface area contributed by atoms with E-state index in [4.69, 9.17) is 4.74 Å². The van der Waals surface area contributed by atoms with Crippen molar-refractivity contribution in [3.05, 3.63) is 65.7 Å². The van der Waals surface area contributed by atoms with Crippen molar-refractivity contribution in [1.82, 2.24) is 5.32 Å². The van der Waals surface area contributed by atoms with E-state index in [1.54, 1.807) is 19.1 Å². The van der Waals surface area contributed by atoms with Crippen molar-refractivity contribution in [2.45, 2.75) is 32.4 Å². The van der Waals surface area contributed by atoms with E-state index in [9.17, 15) is 9.90 Å². The monoisotopic (exact) mass is 313 g/mol. The summed E-state index contributed by atoms with van der Waals surface area (Å²) in [4.78, 5) is 11.2. The zero-order valence-corrected chi connectivity index (χ0v) is 13.5. The van der Waals surface area contributed by atoms with E-state index >= 15 is 0 Å². The number of hydrogen-bond donors (Lipinski definition) is 2. The highest BCUT2D eigenvalue weighted by molar-refractivity contribution is 5.71.